The number of ether oxygens (including phenoxy) is 1. The number of nitrogens with two attached hydrogens (primary N) is 1. The van der Waals surface area contributed by atoms with Crippen molar-refractivity contribution >= 4 is 0 Å². The monoisotopic (exact) mass is 369 g/mol. The van der Waals surface area contributed by atoms with Crippen LogP contribution < -0.4 is 5.73 Å². The molecule has 0 radical (unpaired) electrons. The Morgan fingerprint density at radius 2 is 1.63 bits per heavy atom. The fourth-order valence-electron chi connectivity index (χ4n) is 9.14. The molecule has 0 aromatic heterocycles. The Morgan fingerprint density at radius 3 is 2.37 bits per heavy atom. The summed E-state index contributed by atoms with van der Waals surface area (Å²) >= 11 is 0. The average Bonchev–Trinajstić information content (AvgIpc) is 3.11. The lowest BCUT2D eigenvalue weighted by atomic mass is 9.41. The van der Waals surface area contributed by atoms with E-state index in [1.54, 1.807) is 0 Å². The normalized spacial score (nSPS) is 58.5. The second kappa shape index (κ2) is 5.76. The summed E-state index contributed by atoms with van der Waals surface area (Å²) in [6.07, 6.45) is 16.6. The minimum Gasteiger partial charge on any atom is -0.372 e. The van der Waals surface area contributed by atoms with Crippen LogP contribution in [-0.4, -0.2) is 17.7 Å². The van der Waals surface area contributed by atoms with Gasteiger partial charge in [0.25, 0.3) is 0 Å². The fraction of sp³-hybridized carbons (Fsp3) is 0.920. The first-order valence-electron chi connectivity index (χ1n) is 11.6. The molecule has 4 saturated carbocycles. The van der Waals surface area contributed by atoms with Gasteiger partial charge in [-0.1, -0.05) is 13.8 Å². The Labute approximate surface area is 166 Å². The topological polar surface area (TPSA) is 35.2 Å². The van der Waals surface area contributed by atoms with Gasteiger partial charge >= 0.3 is 0 Å². The van der Waals surface area contributed by atoms with Gasteiger partial charge in [0, 0.05) is 12.0 Å². The van der Waals surface area contributed by atoms with Crippen molar-refractivity contribution in [2.75, 3.05) is 0 Å². The highest BCUT2D eigenvalue weighted by atomic mass is 16.5. The lowest BCUT2D eigenvalue weighted by Gasteiger charge is -2.64. The first-order chi connectivity index (χ1) is 12.7. The quantitative estimate of drug-likeness (QED) is 0.609. The van der Waals surface area contributed by atoms with E-state index in [9.17, 15) is 0 Å². The van der Waals surface area contributed by atoms with E-state index in [2.05, 4.69) is 33.6 Å². The third-order valence-corrected chi connectivity index (χ3v) is 10.3. The number of fused-ring (bicyclic) bond motifs is 8. The fourth-order valence-corrected chi connectivity index (χ4v) is 9.14. The van der Waals surface area contributed by atoms with Crippen molar-refractivity contribution in [3.63, 3.8) is 0 Å². The molecule has 5 rings (SSSR count). The lowest BCUT2D eigenvalue weighted by Crippen LogP contribution is -2.61. The van der Waals surface area contributed by atoms with Gasteiger partial charge in [-0.25, -0.2) is 0 Å². The van der Waals surface area contributed by atoms with Crippen LogP contribution in [0.5, 0.6) is 0 Å². The van der Waals surface area contributed by atoms with Crippen LogP contribution in [0.15, 0.2) is 0 Å². The summed E-state index contributed by atoms with van der Waals surface area (Å²) in [6, 6.07) is 0.398. The minimum absolute atomic E-state index is 0.0185. The van der Waals surface area contributed by atoms with Gasteiger partial charge in [-0.05, 0) is 106 Å². The van der Waals surface area contributed by atoms with Crippen LogP contribution in [0.2, 0.25) is 0 Å². The molecule has 1 saturated heterocycles. The van der Waals surface area contributed by atoms with Crippen LogP contribution in [0.4, 0.5) is 0 Å². The van der Waals surface area contributed by atoms with Gasteiger partial charge in [0.1, 0.15) is 0 Å². The lowest BCUT2D eigenvalue weighted by molar-refractivity contribution is -0.191. The van der Waals surface area contributed by atoms with E-state index in [0.29, 0.717) is 40.7 Å². The van der Waals surface area contributed by atoms with Gasteiger partial charge in [0.2, 0.25) is 0 Å². The molecule has 0 aromatic rings. The molecule has 5 aliphatic rings. The first-order valence-corrected chi connectivity index (χ1v) is 11.6. The molecule has 27 heavy (non-hydrogen) atoms. The molecule has 5 unspecified atom stereocenters. The summed E-state index contributed by atoms with van der Waals surface area (Å²) in [6.45, 7) is 9.80. The highest BCUT2D eigenvalue weighted by Gasteiger charge is 2.67. The molecule has 4 aliphatic carbocycles. The number of hydrogen-bond donors (Lipinski definition) is 1. The second-order valence-electron chi connectivity index (χ2n) is 12.0. The summed E-state index contributed by atoms with van der Waals surface area (Å²) in [7, 11) is 0. The zero-order chi connectivity index (χ0) is 19.2. The van der Waals surface area contributed by atoms with Crippen molar-refractivity contribution in [2.24, 2.45) is 52.1 Å². The largest absolute Gasteiger partial charge is 0.372 e. The Balaban J connectivity index is 1.58. The molecule has 2 nitrogen and oxygen atoms in total. The van der Waals surface area contributed by atoms with Crippen molar-refractivity contribution in [2.45, 2.75) is 96.8 Å². The zero-order valence-electron chi connectivity index (χ0n) is 17.8. The summed E-state index contributed by atoms with van der Waals surface area (Å²) in [4.78, 5) is 0. The number of terminal acetylenes is 1. The standard InChI is InChI=1S/C25H39NO/c1-6-15-7-8-18-21-19(10-12-24(15,18)4)25(5)11-9-16(26)13-20(25)17-14-23(2,3)27-22(17)21/h1,15-22H,7-14,26H2,2-5H3/t15?,16-,17+,18?,19?,20?,21?,22-,24+,25+/m0/s1. The molecule has 1 heterocycles. The molecule has 0 aromatic carbocycles. The molecule has 0 amide bonds. The van der Waals surface area contributed by atoms with Crippen molar-refractivity contribution in [1.82, 2.24) is 0 Å². The molecule has 1 aliphatic heterocycles. The molecule has 2 N–H and O–H groups in total. The van der Waals surface area contributed by atoms with Gasteiger partial charge < -0.3 is 10.5 Å². The van der Waals surface area contributed by atoms with E-state index in [4.69, 9.17) is 16.9 Å². The van der Waals surface area contributed by atoms with Gasteiger partial charge in [0.15, 0.2) is 0 Å². The smallest absolute Gasteiger partial charge is 0.0648 e. The average molecular weight is 370 g/mol. The maximum atomic E-state index is 6.88. The Morgan fingerprint density at radius 1 is 0.926 bits per heavy atom. The molecular weight excluding hydrogens is 330 g/mol. The van der Waals surface area contributed by atoms with Crippen LogP contribution in [-0.2, 0) is 4.74 Å². The van der Waals surface area contributed by atoms with E-state index in [-0.39, 0.29) is 5.60 Å². The number of rotatable bonds is 0. The van der Waals surface area contributed by atoms with Crippen LogP contribution in [0.25, 0.3) is 0 Å². The maximum Gasteiger partial charge on any atom is 0.0648 e. The zero-order valence-corrected chi connectivity index (χ0v) is 17.8. The Hall–Kier alpha value is -0.520. The predicted octanol–water partition coefficient (Wildman–Crippen LogP) is 5.01. The van der Waals surface area contributed by atoms with Crippen LogP contribution in [0.3, 0.4) is 0 Å². The van der Waals surface area contributed by atoms with Gasteiger partial charge in [0.05, 0.1) is 11.7 Å². The van der Waals surface area contributed by atoms with Gasteiger partial charge in [-0.15, -0.1) is 12.3 Å². The molecular formula is C25H39NO. The molecule has 150 valence electrons. The number of hydrogen-bond acceptors (Lipinski definition) is 2. The minimum atomic E-state index is 0.0185. The predicted molar refractivity (Wildman–Crippen MR) is 110 cm³/mol. The van der Waals surface area contributed by atoms with Gasteiger partial charge in [-0.2, -0.15) is 0 Å². The Bertz CT molecular complexity index is 664. The molecule has 5 fully saturated rings. The van der Waals surface area contributed by atoms with Crippen LogP contribution in [0.1, 0.15) is 79.1 Å². The first kappa shape index (κ1) is 18.5. The van der Waals surface area contributed by atoms with E-state index in [1.165, 1.54) is 51.4 Å². The van der Waals surface area contributed by atoms with Crippen LogP contribution >= 0.6 is 0 Å². The summed E-state index contributed by atoms with van der Waals surface area (Å²) in [5, 5.41) is 0. The summed E-state index contributed by atoms with van der Waals surface area (Å²) < 4.78 is 6.88. The van der Waals surface area contributed by atoms with Crippen molar-refractivity contribution in [3.05, 3.63) is 0 Å². The second-order valence-corrected chi connectivity index (χ2v) is 12.0. The van der Waals surface area contributed by atoms with Crippen molar-refractivity contribution in [3.8, 4) is 12.3 Å². The highest BCUT2D eigenvalue weighted by Crippen LogP contribution is 2.70. The molecule has 2 heteroatoms. The maximum absolute atomic E-state index is 6.88. The van der Waals surface area contributed by atoms with E-state index in [0.717, 1.165) is 17.8 Å². The molecule has 0 bridgehead atoms. The summed E-state index contributed by atoms with van der Waals surface area (Å²) in [5.74, 6) is 7.39. The van der Waals surface area contributed by atoms with E-state index >= 15 is 0 Å². The molecule has 0 spiro atoms. The molecule has 10 atom stereocenters. The van der Waals surface area contributed by atoms with E-state index < -0.39 is 0 Å². The summed E-state index contributed by atoms with van der Waals surface area (Å²) in [5.41, 5.74) is 7.31. The Kier molecular flexibility index (Phi) is 3.95. The van der Waals surface area contributed by atoms with Crippen molar-refractivity contribution < 1.29 is 4.74 Å². The third-order valence-electron chi connectivity index (χ3n) is 10.3. The van der Waals surface area contributed by atoms with Gasteiger partial charge in [-0.3, -0.25) is 0 Å². The van der Waals surface area contributed by atoms with E-state index in [1.807, 2.05) is 0 Å². The third kappa shape index (κ3) is 2.40. The SMILES string of the molecule is C#CC1CCC2C3C(CC[C@]12C)[C@@]1(C)CC[C@H](N)CC1[C@H]1CC(C)(C)O[C@H]31. The van der Waals surface area contributed by atoms with Crippen LogP contribution in [0, 0.1) is 58.7 Å². The van der Waals surface area contributed by atoms with Crippen molar-refractivity contribution in [1.29, 1.82) is 0 Å². The highest BCUT2D eigenvalue weighted by molar-refractivity contribution is 5.18.